The van der Waals surface area contributed by atoms with Crippen molar-refractivity contribution in [3.63, 3.8) is 0 Å². The normalized spacial score (nSPS) is 12.8. The van der Waals surface area contributed by atoms with E-state index in [4.69, 9.17) is 18.9 Å². The highest BCUT2D eigenvalue weighted by Crippen LogP contribution is 2.33. The zero-order valence-corrected chi connectivity index (χ0v) is 17.3. The monoisotopic (exact) mass is 400 g/mol. The van der Waals surface area contributed by atoms with E-state index < -0.39 is 0 Å². The summed E-state index contributed by atoms with van der Waals surface area (Å²) in [5, 5.41) is 6.23. The third kappa shape index (κ3) is 5.94. The molecule has 0 atom stereocenters. The number of carbonyl (C=O) groups excluding carboxylic acids is 1. The summed E-state index contributed by atoms with van der Waals surface area (Å²) in [4.78, 5) is 12.0. The number of fused-ring (bicyclic) bond motifs is 1. The quantitative estimate of drug-likeness (QED) is 0.742. The molecule has 1 heterocycles. The lowest BCUT2D eigenvalue weighted by Crippen LogP contribution is -2.43. The molecular formula is C22H28N2O5. The van der Waals surface area contributed by atoms with Gasteiger partial charge in [-0.1, -0.05) is 6.07 Å². The number of anilines is 1. The summed E-state index contributed by atoms with van der Waals surface area (Å²) in [7, 11) is 1.58. The van der Waals surface area contributed by atoms with Crippen molar-refractivity contribution in [3.8, 4) is 23.0 Å². The highest BCUT2D eigenvalue weighted by Gasteiger charge is 2.15. The van der Waals surface area contributed by atoms with Gasteiger partial charge >= 0.3 is 0 Å². The molecule has 2 aromatic rings. The SMILES string of the molecule is COc1cc(CNc2ccc3c(c2)OCCO3)ccc1OCC(=O)NC(C)(C)C. The van der Waals surface area contributed by atoms with Crippen LogP contribution in [0.3, 0.4) is 0 Å². The second kappa shape index (κ2) is 8.94. The van der Waals surface area contributed by atoms with Crippen molar-refractivity contribution in [1.82, 2.24) is 5.32 Å². The Morgan fingerprint density at radius 2 is 1.79 bits per heavy atom. The summed E-state index contributed by atoms with van der Waals surface area (Å²) in [5.41, 5.74) is 1.66. The Bertz CT molecular complexity index is 861. The molecule has 0 radical (unpaired) electrons. The zero-order chi connectivity index (χ0) is 20.9. The van der Waals surface area contributed by atoms with Gasteiger partial charge in [-0.05, 0) is 50.6 Å². The Morgan fingerprint density at radius 3 is 2.52 bits per heavy atom. The fourth-order valence-electron chi connectivity index (χ4n) is 2.90. The van der Waals surface area contributed by atoms with Gasteiger partial charge in [0.15, 0.2) is 29.6 Å². The van der Waals surface area contributed by atoms with E-state index in [1.54, 1.807) is 7.11 Å². The van der Waals surface area contributed by atoms with Crippen molar-refractivity contribution in [3.05, 3.63) is 42.0 Å². The van der Waals surface area contributed by atoms with Crippen LogP contribution in [0, 0.1) is 0 Å². The van der Waals surface area contributed by atoms with Crippen LogP contribution in [0.25, 0.3) is 0 Å². The van der Waals surface area contributed by atoms with Gasteiger partial charge in [0.25, 0.3) is 5.91 Å². The number of hydrogen-bond acceptors (Lipinski definition) is 6. The summed E-state index contributed by atoms with van der Waals surface area (Å²) in [6.45, 7) is 7.44. The second-order valence-electron chi connectivity index (χ2n) is 7.78. The Balaban J connectivity index is 1.59. The molecule has 0 saturated carbocycles. The number of nitrogens with one attached hydrogen (secondary N) is 2. The smallest absolute Gasteiger partial charge is 0.258 e. The van der Waals surface area contributed by atoms with Gasteiger partial charge in [-0.3, -0.25) is 4.79 Å². The summed E-state index contributed by atoms with van der Waals surface area (Å²) in [6.07, 6.45) is 0. The van der Waals surface area contributed by atoms with Crippen LogP contribution in [-0.2, 0) is 11.3 Å². The largest absolute Gasteiger partial charge is 0.493 e. The number of ether oxygens (including phenoxy) is 4. The highest BCUT2D eigenvalue weighted by atomic mass is 16.6. The fourth-order valence-corrected chi connectivity index (χ4v) is 2.90. The number of amides is 1. The molecule has 2 aromatic carbocycles. The maximum absolute atomic E-state index is 12.0. The molecule has 1 amide bonds. The first-order chi connectivity index (χ1) is 13.8. The topological polar surface area (TPSA) is 78.1 Å². The van der Waals surface area contributed by atoms with E-state index in [-0.39, 0.29) is 18.1 Å². The van der Waals surface area contributed by atoms with Gasteiger partial charge in [-0.15, -0.1) is 0 Å². The van der Waals surface area contributed by atoms with Gasteiger partial charge in [-0.2, -0.15) is 0 Å². The van der Waals surface area contributed by atoms with Gasteiger partial charge in [0, 0.05) is 23.8 Å². The maximum Gasteiger partial charge on any atom is 0.258 e. The number of methoxy groups -OCH3 is 1. The van der Waals surface area contributed by atoms with Crippen molar-refractivity contribution in [2.24, 2.45) is 0 Å². The van der Waals surface area contributed by atoms with Crippen molar-refractivity contribution >= 4 is 11.6 Å². The minimum atomic E-state index is -0.298. The molecule has 7 nitrogen and oxygen atoms in total. The van der Waals surface area contributed by atoms with E-state index >= 15 is 0 Å². The Kier molecular flexibility index (Phi) is 6.36. The molecular weight excluding hydrogens is 372 g/mol. The molecule has 0 saturated heterocycles. The molecule has 7 heteroatoms. The molecule has 0 aliphatic carbocycles. The van der Waals surface area contributed by atoms with Gasteiger partial charge in [0.05, 0.1) is 7.11 Å². The first kappa shape index (κ1) is 20.6. The van der Waals surface area contributed by atoms with Crippen LogP contribution in [0.5, 0.6) is 23.0 Å². The lowest BCUT2D eigenvalue weighted by molar-refractivity contribution is -0.124. The molecule has 1 aliphatic rings. The van der Waals surface area contributed by atoms with Crippen molar-refractivity contribution < 1.29 is 23.7 Å². The third-order valence-electron chi connectivity index (χ3n) is 4.14. The number of benzene rings is 2. The summed E-state index contributed by atoms with van der Waals surface area (Å²) >= 11 is 0. The van der Waals surface area contributed by atoms with Crippen LogP contribution in [0.1, 0.15) is 26.3 Å². The van der Waals surface area contributed by atoms with Crippen LogP contribution in [0.15, 0.2) is 36.4 Å². The molecule has 29 heavy (non-hydrogen) atoms. The fraction of sp³-hybridized carbons (Fsp3) is 0.409. The summed E-state index contributed by atoms with van der Waals surface area (Å²) in [5.74, 6) is 2.44. The Hall–Kier alpha value is -3.09. The molecule has 0 unspecified atom stereocenters. The van der Waals surface area contributed by atoms with Crippen LogP contribution < -0.4 is 29.6 Å². The van der Waals surface area contributed by atoms with E-state index in [2.05, 4.69) is 10.6 Å². The zero-order valence-electron chi connectivity index (χ0n) is 17.3. The number of hydrogen-bond donors (Lipinski definition) is 2. The van der Waals surface area contributed by atoms with Crippen LogP contribution >= 0.6 is 0 Å². The molecule has 0 spiro atoms. The van der Waals surface area contributed by atoms with Crippen LogP contribution in [-0.4, -0.2) is 38.4 Å². The van der Waals surface area contributed by atoms with E-state index in [0.717, 1.165) is 22.7 Å². The standard InChI is InChI=1S/C22H28N2O5/c1-22(2,3)24-21(25)14-29-17-7-5-15(11-19(17)26-4)13-23-16-6-8-18-20(12-16)28-10-9-27-18/h5-8,11-12,23H,9-10,13-14H2,1-4H3,(H,24,25). The van der Waals surface area contributed by atoms with Gasteiger partial charge in [-0.25, -0.2) is 0 Å². The van der Waals surface area contributed by atoms with Gasteiger partial charge in [0.2, 0.25) is 0 Å². The number of rotatable bonds is 7. The van der Waals surface area contributed by atoms with Crippen molar-refractivity contribution in [1.29, 1.82) is 0 Å². The minimum Gasteiger partial charge on any atom is -0.493 e. The molecule has 156 valence electrons. The predicted octanol–water partition coefficient (Wildman–Crippen LogP) is 3.37. The number of carbonyl (C=O) groups is 1. The first-order valence-corrected chi connectivity index (χ1v) is 9.58. The van der Waals surface area contributed by atoms with Crippen LogP contribution in [0.2, 0.25) is 0 Å². The second-order valence-corrected chi connectivity index (χ2v) is 7.78. The van der Waals surface area contributed by atoms with Gasteiger partial charge < -0.3 is 29.6 Å². The van der Waals surface area contributed by atoms with E-state index in [1.165, 1.54) is 0 Å². The third-order valence-corrected chi connectivity index (χ3v) is 4.14. The summed E-state index contributed by atoms with van der Waals surface area (Å²) in [6, 6.07) is 11.4. The average Bonchev–Trinajstić information content (AvgIpc) is 2.69. The van der Waals surface area contributed by atoms with Gasteiger partial charge in [0.1, 0.15) is 13.2 Å². The van der Waals surface area contributed by atoms with E-state index in [9.17, 15) is 4.79 Å². The summed E-state index contributed by atoms with van der Waals surface area (Å²) < 4.78 is 22.2. The molecule has 0 fully saturated rings. The predicted molar refractivity (Wildman–Crippen MR) is 111 cm³/mol. The molecule has 3 rings (SSSR count). The van der Waals surface area contributed by atoms with Crippen molar-refractivity contribution in [2.45, 2.75) is 32.9 Å². The molecule has 2 N–H and O–H groups in total. The molecule has 0 bridgehead atoms. The Labute approximate surface area is 171 Å². The lowest BCUT2D eigenvalue weighted by atomic mass is 10.1. The average molecular weight is 400 g/mol. The maximum atomic E-state index is 12.0. The van der Waals surface area contributed by atoms with E-state index in [1.807, 2.05) is 57.2 Å². The Morgan fingerprint density at radius 1 is 1.03 bits per heavy atom. The first-order valence-electron chi connectivity index (χ1n) is 9.58. The lowest BCUT2D eigenvalue weighted by Gasteiger charge is -2.21. The van der Waals surface area contributed by atoms with Crippen LogP contribution in [0.4, 0.5) is 5.69 Å². The van der Waals surface area contributed by atoms with Crippen molar-refractivity contribution in [2.75, 3.05) is 32.2 Å². The minimum absolute atomic E-state index is 0.0670. The highest BCUT2D eigenvalue weighted by molar-refractivity contribution is 5.78. The molecule has 1 aliphatic heterocycles. The van der Waals surface area contributed by atoms with E-state index in [0.29, 0.717) is 31.3 Å². The molecule has 0 aromatic heterocycles.